The minimum Gasteiger partial charge on any atom is -0.309 e. The van der Waals surface area contributed by atoms with Crippen LogP contribution < -0.4 is 0 Å². The number of hydrogen-bond acceptors (Lipinski definition) is 0. The normalized spacial score (nSPS) is 11.9. The summed E-state index contributed by atoms with van der Waals surface area (Å²) in [7, 11) is 0. The highest BCUT2D eigenvalue weighted by molar-refractivity contribution is 6.40. The van der Waals surface area contributed by atoms with E-state index in [2.05, 4.69) is 385 Å². The molecule has 102 heavy (non-hydrogen) atoms. The molecule has 0 aliphatic carbocycles. The average molecular weight is 1290 g/mol. The van der Waals surface area contributed by atoms with Gasteiger partial charge >= 0.3 is 0 Å². The molecule has 0 amide bonds. The van der Waals surface area contributed by atoms with Crippen molar-refractivity contribution < 1.29 is 0 Å². The molecule has 0 aliphatic heterocycles. The molecule has 22 rings (SSSR count). The van der Waals surface area contributed by atoms with Crippen LogP contribution in [0.2, 0.25) is 0 Å². The van der Waals surface area contributed by atoms with Crippen LogP contribution in [0.25, 0.3) is 207 Å². The Labute approximate surface area is 588 Å². The summed E-state index contributed by atoms with van der Waals surface area (Å²) < 4.78 is 4.99. The maximum atomic E-state index is 2.50. The molecule has 0 atom stereocenters. The summed E-state index contributed by atoms with van der Waals surface area (Å²) in [6, 6.07) is 138. The minimum atomic E-state index is 1.15. The van der Waals surface area contributed by atoms with Crippen molar-refractivity contribution in [3.8, 4) is 55.9 Å². The fourth-order valence-corrected chi connectivity index (χ4v) is 17.4. The summed E-state index contributed by atoms with van der Waals surface area (Å²) >= 11 is 0. The smallest absolute Gasteiger partial charge is 0.0626 e. The van der Waals surface area contributed by atoms with Crippen LogP contribution in [0.3, 0.4) is 0 Å². The standard InChI is InChI=1S/C54H33N.C46H29N/c1-2-14-35(15-3-1)48-33-50-43-21-9-11-23-46(43)54-53(52(50)45-22-10-8-20-42(45)48)47-24-12-13-25-51(47)55(54)37-29-26-34(27-30-37)36-28-31-44-40-18-5-4-16-38(40)39-17-6-7-19-41(39)49(44)32-36;1-3-13-30(14-4-1)32-23-24-34-28-35(26-25-33(34)27-32)47-43-22-12-11-21-40(43)45-44-38-19-9-7-17-36(38)41(31-15-5-2-6-16-31)29-42(44)37-18-8-10-20-39(37)46(45)47/h1-33H;1-29H. The molecule has 0 radical (unpaired) electrons. The highest BCUT2D eigenvalue weighted by Gasteiger charge is 2.25. The molecule has 0 N–H and O–H groups in total. The van der Waals surface area contributed by atoms with E-state index in [0.29, 0.717) is 0 Å². The van der Waals surface area contributed by atoms with Crippen molar-refractivity contribution in [2.45, 2.75) is 0 Å². The molecule has 0 spiro atoms. The van der Waals surface area contributed by atoms with Crippen LogP contribution in [-0.4, -0.2) is 9.13 Å². The summed E-state index contributed by atoms with van der Waals surface area (Å²) in [5.41, 5.74) is 17.2. The van der Waals surface area contributed by atoms with Gasteiger partial charge in [-0.1, -0.05) is 315 Å². The summed E-state index contributed by atoms with van der Waals surface area (Å²) in [5, 5.41) is 30.8. The van der Waals surface area contributed by atoms with Gasteiger partial charge in [-0.15, -0.1) is 0 Å². The van der Waals surface area contributed by atoms with Crippen LogP contribution in [0.1, 0.15) is 0 Å². The molecule has 2 heterocycles. The van der Waals surface area contributed by atoms with E-state index in [4.69, 9.17) is 0 Å². The first-order valence-electron chi connectivity index (χ1n) is 35.4. The molecule has 0 aliphatic rings. The van der Waals surface area contributed by atoms with E-state index >= 15 is 0 Å². The van der Waals surface area contributed by atoms with E-state index in [1.54, 1.807) is 0 Å². The lowest BCUT2D eigenvalue weighted by Crippen LogP contribution is -1.95. The molecule has 0 fully saturated rings. The van der Waals surface area contributed by atoms with Gasteiger partial charge in [-0.2, -0.15) is 0 Å². The minimum absolute atomic E-state index is 1.15. The molecule has 20 aromatic carbocycles. The predicted octanol–water partition coefficient (Wildman–Crippen LogP) is 27.8. The third-order valence-electron chi connectivity index (χ3n) is 21.8. The number of aromatic nitrogens is 2. The summed E-state index contributed by atoms with van der Waals surface area (Å²) in [5.74, 6) is 0. The van der Waals surface area contributed by atoms with E-state index < -0.39 is 0 Å². The van der Waals surface area contributed by atoms with Gasteiger partial charge in [0, 0.05) is 54.5 Å². The van der Waals surface area contributed by atoms with E-state index in [1.165, 1.54) is 202 Å². The molecular formula is C100H62N2. The van der Waals surface area contributed by atoms with Crippen molar-refractivity contribution in [2.75, 3.05) is 0 Å². The van der Waals surface area contributed by atoms with Crippen LogP contribution in [0.15, 0.2) is 376 Å². The quantitative estimate of drug-likeness (QED) is 0.147. The lowest BCUT2D eigenvalue weighted by atomic mass is 9.88. The Morgan fingerprint density at radius 2 is 0.461 bits per heavy atom. The number of rotatable bonds is 6. The highest BCUT2D eigenvalue weighted by atomic mass is 15.0. The average Bonchev–Trinajstić information content (AvgIpc) is 1.36. The van der Waals surface area contributed by atoms with Crippen LogP contribution in [0.5, 0.6) is 0 Å². The van der Waals surface area contributed by atoms with Gasteiger partial charge in [0.2, 0.25) is 0 Å². The van der Waals surface area contributed by atoms with Crippen molar-refractivity contribution in [1.29, 1.82) is 0 Å². The third-order valence-corrected chi connectivity index (χ3v) is 21.8. The Hall–Kier alpha value is -13.4. The molecule has 2 heteroatoms. The van der Waals surface area contributed by atoms with E-state index in [0.717, 1.165) is 5.69 Å². The van der Waals surface area contributed by atoms with Crippen molar-refractivity contribution in [3.05, 3.63) is 376 Å². The zero-order valence-electron chi connectivity index (χ0n) is 55.7. The molecule has 2 nitrogen and oxygen atoms in total. The van der Waals surface area contributed by atoms with Gasteiger partial charge in [-0.3, -0.25) is 0 Å². The van der Waals surface area contributed by atoms with Crippen LogP contribution >= 0.6 is 0 Å². The van der Waals surface area contributed by atoms with Crippen molar-refractivity contribution in [1.82, 2.24) is 9.13 Å². The van der Waals surface area contributed by atoms with Gasteiger partial charge in [0.1, 0.15) is 0 Å². The highest BCUT2D eigenvalue weighted by Crippen LogP contribution is 2.50. The van der Waals surface area contributed by atoms with E-state index in [1.807, 2.05) is 0 Å². The maximum Gasteiger partial charge on any atom is 0.0626 e. The van der Waals surface area contributed by atoms with Gasteiger partial charge in [-0.05, 0) is 191 Å². The van der Waals surface area contributed by atoms with Gasteiger partial charge < -0.3 is 9.13 Å². The van der Waals surface area contributed by atoms with Crippen LogP contribution in [-0.2, 0) is 0 Å². The maximum absolute atomic E-state index is 2.50. The Balaban J connectivity index is 0.000000134. The van der Waals surface area contributed by atoms with Gasteiger partial charge in [-0.25, -0.2) is 0 Å². The Morgan fingerprint density at radius 3 is 0.951 bits per heavy atom. The molecule has 0 saturated carbocycles. The topological polar surface area (TPSA) is 9.86 Å². The first kappa shape index (κ1) is 57.6. The number of hydrogen-bond donors (Lipinski definition) is 0. The van der Waals surface area contributed by atoms with Crippen molar-refractivity contribution >= 4 is 151 Å². The predicted molar refractivity (Wildman–Crippen MR) is 438 cm³/mol. The SMILES string of the molecule is c1ccc(-c2cc3c4ccccc4c4c(c5ccccc5n4-c4ccc(-c5ccc6c7ccccc7c7ccccc7c6c5)cc4)c3c3ccccc23)cc1.c1ccc(-c2ccc3cc(-n4c5ccccc5c5c6c7ccccc7c(-c7ccccc7)cc6c6ccccc6c54)ccc3c2)cc1. The molecule has 0 unspecified atom stereocenters. The first-order chi connectivity index (χ1) is 50.6. The fraction of sp³-hybridized carbons (Fsp3) is 0. The van der Waals surface area contributed by atoms with Crippen LogP contribution in [0, 0.1) is 0 Å². The Kier molecular flexibility index (Phi) is 13.1. The van der Waals surface area contributed by atoms with Crippen molar-refractivity contribution in [3.63, 3.8) is 0 Å². The molecule has 0 bridgehead atoms. The molecule has 472 valence electrons. The monoisotopic (exact) mass is 1290 g/mol. The molecule has 0 saturated heterocycles. The van der Waals surface area contributed by atoms with E-state index in [-0.39, 0.29) is 0 Å². The van der Waals surface area contributed by atoms with Crippen molar-refractivity contribution in [2.24, 2.45) is 0 Å². The largest absolute Gasteiger partial charge is 0.309 e. The number of fused-ring (bicyclic) bond motifs is 27. The Bertz CT molecular complexity index is 7170. The second-order valence-electron chi connectivity index (χ2n) is 27.3. The molecule has 2 aromatic heterocycles. The number of nitrogens with zero attached hydrogens (tertiary/aromatic N) is 2. The van der Waals surface area contributed by atoms with Crippen LogP contribution in [0.4, 0.5) is 0 Å². The summed E-state index contributed by atoms with van der Waals surface area (Å²) in [6.07, 6.45) is 0. The Morgan fingerprint density at radius 1 is 0.147 bits per heavy atom. The van der Waals surface area contributed by atoms with Gasteiger partial charge in [0.15, 0.2) is 0 Å². The molecule has 22 aromatic rings. The van der Waals surface area contributed by atoms with E-state index in [9.17, 15) is 0 Å². The second-order valence-corrected chi connectivity index (χ2v) is 27.3. The third kappa shape index (κ3) is 8.86. The summed E-state index contributed by atoms with van der Waals surface area (Å²) in [4.78, 5) is 0. The lowest BCUT2D eigenvalue weighted by Gasteiger charge is -2.16. The second kappa shape index (κ2) is 23.1. The molecular weight excluding hydrogens is 1230 g/mol. The van der Waals surface area contributed by atoms with Gasteiger partial charge in [0.05, 0.1) is 22.1 Å². The first-order valence-corrected chi connectivity index (χ1v) is 35.4. The number of benzene rings is 20. The summed E-state index contributed by atoms with van der Waals surface area (Å²) in [6.45, 7) is 0. The fourth-order valence-electron chi connectivity index (χ4n) is 17.4. The lowest BCUT2D eigenvalue weighted by molar-refractivity contribution is 1.19. The zero-order chi connectivity index (χ0) is 66.9. The number of para-hydroxylation sites is 2. The zero-order valence-corrected chi connectivity index (χ0v) is 55.7. The van der Waals surface area contributed by atoms with Gasteiger partial charge in [0.25, 0.3) is 0 Å².